The largest absolute Gasteiger partial charge is 0.490 e. The minimum absolute atomic E-state index is 0.0427. The van der Waals surface area contributed by atoms with Crippen molar-refractivity contribution in [3.63, 3.8) is 0 Å². The Morgan fingerprint density at radius 1 is 1.19 bits per heavy atom. The molecule has 1 aliphatic heterocycles. The van der Waals surface area contributed by atoms with Gasteiger partial charge in [0.25, 0.3) is 5.91 Å². The molecular weight excluding hydrogens is 378 g/mol. The first-order valence-electron chi connectivity index (χ1n) is 9.80. The number of nitrogens with zero attached hydrogens (tertiary/aromatic N) is 1. The number of amides is 1. The third kappa shape index (κ3) is 4.85. The molecule has 27 heavy (non-hydrogen) atoms. The Kier molecular flexibility index (Phi) is 7.19. The molecule has 146 valence electrons. The Morgan fingerprint density at radius 3 is 2.67 bits per heavy atom. The number of ether oxygens (including phenoxy) is 2. The monoisotopic (exact) mass is 405 g/mol. The molecule has 2 fully saturated rings. The maximum atomic E-state index is 12.9. The summed E-state index contributed by atoms with van der Waals surface area (Å²) in [6.45, 7) is 5.24. The predicted octanol–water partition coefficient (Wildman–Crippen LogP) is 5.41. The molecule has 0 aromatic heterocycles. The number of hydrogen-bond donors (Lipinski definition) is 0. The van der Waals surface area contributed by atoms with E-state index in [4.69, 9.17) is 21.7 Å². The van der Waals surface area contributed by atoms with Gasteiger partial charge in [0, 0.05) is 6.04 Å². The highest BCUT2D eigenvalue weighted by Crippen LogP contribution is 2.38. The molecule has 0 spiro atoms. The zero-order valence-electron chi connectivity index (χ0n) is 16.0. The molecule has 1 amide bonds. The summed E-state index contributed by atoms with van der Waals surface area (Å²) in [6.07, 6.45) is 8.57. The summed E-state index contributed by atoms with van der Waals surface area (Å²) >= 11 is 6.91. The summed E-state index contributed by atoms with van der Waals surface area (Å²) in [7, 11) is 0. The van der Waals surface area contributed by atoms with Crippen LogP contribution in [0.2, 0.25) is 0 Å². The Labute approximate surface area is 171 Å². The normalized spacial score (nSPS) is 19.8. The maximum Gasteiger partial charge on any atom is 0.266 e. The number of thioether (sulfide) groups is 1. The minimum atomic E-state index is 0.0427. The van der Waals surface area contributed by atoms with Crippen LogP contribution in [0.3, 0.4) is 0 Å². The van der Waals surface area contributed by atoms with Crippen LogP contribution in [-0.4, -0.2) is 34.4 Å². The van der Waals surface area contributed by atoms with Crippen LogP contribution in [0.4, 0.5) is 0 Å². The first kappa shape index (κ1) is 20.2. The summed E-state index contributed by atoms with van der Waals surface area (Å²) in [4.78, 5) is 15.5. The lowest BCUT2D eigenvalue weighted by Crippen LogP contribution is -2.39. The molecule has 3 rings (SSSR count). The van der Waals surface area contributed by atoms with Gasteiger partial charge in [0.15, 0.2) is 11.5 Å². The Hall–Kier alpha value is -1.53. The molecule has 1 heterocycles. The third-order valence-electron chi connectivity index (χ3n) is 4.79. The van der Waals surface area contributed by atoms with Crippen LogP contribution in [0.25, 0.3) is 6.08 Å². The van der Waals surface area contributed by atoms with Crippen LogP contribution in [0.5, 0.6) is 11.5 Å². The van der Waals surface area contributed by atoms with Gasteiger partial charge < -0.3 is 9.47 Å². The average molecular weight is 406 g/mol. The highest BCUT2D eigenvalue weighted by atomic mass is 32.2. The minimum Gasteiger partial charge on any atom is -0.490 e. The second-order valence-electron chi connectivity index (χ2n) is 6.83. The molecule has 1 aromatic rings. The van der Waals surface area contributed by atoms with Crippen LogP contribution in [0.15, 0.2) is 23.1 Å². The third-order valence-corrected chi connectivity index (χ3v) is 6.12. The van der Waals surface area contributed by atoms with E-state index in [-0.39, 0.29) is 11.9 Å². The predicted molar refractivity (Wildman–Crippen MR) is 115 cm³/mol. The maximum absolute atomic E-state index is 12.9. The van der Waals surface area contributed by atoms with E-state index in [2.05, 4.69) is 6.92 Å². The molecule has 0 atom stereocenters. The Balaban J connectivity index is 1.80. The number of thiocarbonyl (C=S) groups is 1. The molecule has 6 heteroatoms. The molecule has 1 aliphatic carbocycles. The van der Waals surface area contributed by atoms with E-state index in [0.717, 1.165) is 30.6 Å². The second kappa shape index (κ2) is 9.60. The van der Waals surface area contributed by atoms with Crippen molar-refractivity contribution in [3.05, 3.63) is 28.7 Å². The van der Waals surface area contributed by atoms with E-state index in [1.54, 1.807) is 0 Å². The van der Waals surface area contributed by atoms with Crippen LogP contribution < -0.4 is 9.47 Å². The number of benzene rings is 1. The van der Waals surface area contributed by atoms with E-state index in [9.17, 15) is 4.79 Å². The fourth-order valence-corrected chi connectivity index (χ4v) is 4.90. The molecule has 0 N–H and O–H groups in total. The van der Waals surface area contributed by atoms with Gasteiger partial charge >= 0.3 is 0 Å². The van der Waals surface area contributed by atoms with Crippen molar-refractivity contribution in [2.75, 3.05) is 13.2 Å². The van der Waals surface area contributed by atoms with Crippen LogP contribution in [-0.2, 0) is 4.79 Å². The van der Waals surface area contributed by atoms with Crippen LogP contribution >= 0.6 is 24.0 Å². The number of carbonyl (C=O) groups excluding carboxylic acids is 1. The molecule has 1 saturated carbocycles. The topological polar surface area (TPSA) is 38.8 Å². The fraction of sp³-hybridized carbons (Fsp3) is 0.524. The number of carbonyl (C=O) groups is 1. The van der Waals surface area contributed by atoms with Crippen molar-refractivity contribution in [1.82, 2.24) is 4.90 Å². The highest BCUT2D eigenvalue weighted by molar-refractivity contribution is 8.26. The van der Waals surface area contributed by atoms with Crippen molar-refractivity contribution in [3.8, 4) is 11.5 Å². The summed E-state index contributed by atoms with van der Waals surface area (Å²) in [5.41, 5.74) is 0.923. The van der Waals surface area contributed by atoms with Gasteiger partial charge in [-0.15, -0.1) is 0 Å². The van der Waals surface area contributed by atoms with Crippen molar-refractivity contribution in [1.29, 1.82) is 0 Å². The van der Waals surface area contributed by atoms with Gasteiger partial charge in [0.2, 0.25) is 0 Å². The molecule has 1 saturated heterocycles. The van der Waals surface area contributed by atoms with Crippen molar-refractivity contribution in [2.45, 2.75) is 58.4 Å². The number of rotatable bonds is 7. The zero-order chi connectivity index (χ0) is 19.2. The lowest BCUT2D eigenvalue weighted by Gasteiger charge is -2.29. The quantitative estimate of drug-likeness (QED) is 0.448. The second-order valence-corrected chi connectivity index (χ2v) is 8.51. The van der Waals surface area contributed by atoms with E-state index >= 15 is 0 Å². The van der Waals surface area contributed by atoms with Gasteiger partial charge in [-0.1, -0.05) is 56.2 Å². The van der Waals surface area contributed by atoms with Crippen LogP contribution in [0, 0.1) is 0 Å². The molecule has 0 bridgehead atoms. The van der Waals surface area contributed by atoms with Crippen LogP contribution in [0.1, 0.15) is 57.9 Å². The average Bonchev–Trinajstić information content (AvgIpc) is 2.95. The van der Waals surface area contributed by atoms with E-state index in [0.29, 0.717) is 28.2 Å². The fourth-order valence-electron chi connectivity index (χ4n) is 3.50. The lowest BCUT2D eigenvalue weighted by atomic mass is 9.94. The summed E-state index contributed by atoms with van der Waals surface area (Å²) < 4.78 is 12.2. The van der Waals surface area contributed by atoms with Gasteiger partial charge in [0.05, 0.1) is 18.1 Å². The molecule has 2 aliphatic rings. The van der Waals surface area contributed by atoms with Gasteiger partial charge in [-0.05, 0) is 50.0 Å². The molecule has 4 nitrogen and oxygen atoms in total. The number of hydrogen-bond acceptors (Lipinski definition) is 5. The standard InChI is InChI=1S/C21H27NO3S2/c1-3-12-25-17-11-10-15(13-18(17)24-4-2)14-19-20(23)22(21(26)27-19)16-8-6-5-7-9-16/h10-11,13-14,16H,3-9,12H2,1-2H3/b19-14+. The Morgan fingerprint density at radius 2 is 1.96 bits per heavy atom. The highest BCUT2D eigenvalue weighted by Gasteiger charge is 2.37. The zero-order valence-corrected chi connectivity index (χ0v) is 17.7. The SMILES string of the molecule is CCCOc1ccc(/C=C2/SC(=S)N(C3CCCCC3)C2=O)cc1OCC. The van der Waals surface area contributed by atoms with Gasteiger partial charge in [-0.3, -0.25) is 9.69 Å². The summed E-state index contributed by atoms with van der Waals surface area (Å²) in [5.74, 6) is 1.49. The smallest absolute Gasteiger partial charge is 0.266 e. The van der Waals surface area contributed by atoms with Gasteiger partial charge in [0.1, 0.15) is 4.32 Å². The van der Waals surface area contributed by atoms with Gasteiger partial charge in [-0.2, -0.15) is 0 Å². The molecular formula is C21H27NO3S2. The van der Waals surface area contributed by atoms with Crippen molar-refractivity contribution < 1.29 is 14.3 Å². The molecule has 0 radical (unpaired) electrons. The van der Waals surface area contributed by atoms with Crippen molar-refractivity contribution in [2.24, 2.45) is 0 Å². The van der Waals surface area contributed by atoms with Crippen molar-refractivity contribution >= 4 is 40.3 Å². The lowest BCUT2D eigenvalue weighted by molar-refractivity contribution is -0.124. The van der Waals surface area contributed by atoms with Gasteiger partial charge in [-0.25, -0.2) is 0 Å². The Bertz CT molecular complexity index is 726. The van der Waals surface area contributed by atoms with E-state index in [1.807, 2.05) is 36.1 Å². The summed E-state index contributed by atoms with van der Waals surface area (Å²) in [6, 6.07) is 6.07. The molecule has 1 aromatic carbocycles. The first-order chi connectivity index (χ1) is 13.1. The summed E-state index contributed by atoms with van der Waals surface area (Å²) in [5, 5.41) is 0. The first-order valence-corrected chi connectivity index (χ1v) is 11.0. The molecule has 0 unspecified atom stereocenters. The van der Waals surface area contributed by atoms with E-state index < -0.39 is 0 Å². The van der Waals surface area contributed by atoms with E-state index in [1.165, 1.54) is 31.0 Å².